The summed E-state index contributed by atoms with van der Waals surface area (Å²) in [7, 11) is -3.65. The van der Waals surface area contributed by atoms with Gasteiger partial charge in [0.1, 0.15) is 6.33 Å². The van der Waals surface area contributed by atoms with Crippen LogP contribution in [0.15, 0.2) is 60.0 Å². The van der Waals surface area contributed by atoms with Crippen molar-refractivity contribution in [3.63, 3.8) is 0 Å². The summed E-state index contributed by atoms with van der Waals surface area (Å²) in [6, 6.07) is 9.88. The Bertz CT molecular complexity index is 1110. The van der Waals surface area contributed by atoms with E-state index >= 15 is 0 Å². The molecule has 1 saturated heterocycles. The first kappa shape index (κ1) is 19.2. The van der Waals surface area contributed by atoms with Crippen molar-refractivity contribution >= 4 is 21.6 Å². The Morgan fingerprint density at radius 2 is 1.72 bits per heavy atom. The van der Waals surface area contributed by atoms with Crippen LogP contribution in [-0.2, 0) is 10.0 Å². The third-order valence-corrected chi connectivity index (χ3v) is 6.74. The van der Waals surface area contributed by atoms with E-state index in [0.717, 1.165) is 0 Å². The number of sulfonamides is 1. The summed E-state index contributed by atoms with van der Waals surface area (Å²) in [6.07, 6.45) is 5.10. The van der Waals surface area contributed by atoms with E-state index in [1.807, 2.05) is 17.0 Å². The van der Waals surface area contributed by atoms with Gasteiger partial charge < -0.3 is 4.90 Å². The number of benzene rings is 1. The third kappa shape index (κ3) is 3.89. The number of hydrogen-bond donors (Lipinski definition) is 0. The number of carbonyl (C=O) groups is 1. The molecule has 3 heterocycles. The summed E-state index contributed by atoms with van der Waals surface area (Å²) in [5, 5.41) is 8.46. The molecular weight excluding hydrogens is 392 g/mol. The zero-order valence-electron chi connectivity index (χ0n) is 15.8. The Labute approximate surface area is 168 Å². The van der Waals surface area contributed by atoms with Crippen LogP contribution in [0.25, 0.3) is 5.82 Å². The fourth-order valence-electron chi connectivity index (χ4n) is 3.20. The van der Waals surface area contributed by atoms with Crippen molar-refractivity contribution < 1.29 is 13.2 Å². The highest BCUT2D eigenvalue weighted by Crippen LogP contribution is 2.21. The lowest BCUT2D eigenvalue weighted by molar-refractivity contribution is 0.101. The highest BCUT2D eigenvalue weighted by atomic mass is 32.2. The van der Waals surface area contributed by atoms with Gasteiger partial charge in [0, 0.05) is 44.1 Å². The first-order valence-corrected chi connectivity index (χ1v) is 10.6. The van der Waals surface area contributed by atoms with E-state index in [4.69, 9.17) is 0 Å². The van der Waals surface area contributed by atoms with Gasteiger partial charge in [-0.05, 0) is 31.2 Å². The van der Waals surface area contributed by atoms with Crippen LogP contribution in [0.5, 0.6) is 0 Å². The average molecular weight is 412 g/mol. The second kappa shape index (κ2) is 7.72. The molecule has 10 heteroatoms. The maximum atomic E-state index is 12.9. The van der Waals surface area contributed by atoms with Crippen LogP contribution in [0, 0.1) is 0 Å². The van der Waals surface area contributed by atoms with Crippen LogP contribution < -0.4 is 4.90 Å². The maximum absolute atomic E-state index is 12.9. The minimum Gasteiger partial charge on any atom is -0.352 e. The summed E-state index contributed by atoms with van der Waals surface area (Å²) < 4.78 is 29.1. The number of rotatable bonds is 5. The molecule has 0 atom stereocenters. The minimum absolute atomic E-state index is 0.142. The van der Waals surface area contributed by atoms with Crippen molar-refractivity contribution in [1.82, 2.24) is 24.1 Å². The minimum atomic E-state index is -3.65. The normalized spacial score (nSPS) is 15.4. The predicted molar refractivity (Wildman–Crippen MR) is 107 cm³/mol. The molecule has 1 fully saturated rings. The van der Waals surface area contributed by atoms with Gasteiger partial charge >= 0.3 is 0 Å². The molecule has 4 rings (SSSR count). The third-order valence-electron chi connectivity index (χ3n) is 4.85. The molecule has 0 spiro atoms. The molecule has 0 bridgehead atoms. The first-order chi connectivity index (χ1) is 13.9. The predicted octanol–water partition coefficient (Wildman–Crippen LogP) is 1.38. The summed E-state index contributed by atoms with van der Waals surface area (Å²) in [5.41, 5.74) is 0.387. The average Bonchev–Trinajstić information content (AvgIpc) is 3.29. The molecule has 9 nitrogen and oxygen atoms in total. The Hall–Kier alpha value is -3.11. The summed E-state index contributed by atoms with van der Waals surface area (Å²) in [6.45, 7) is 3.09. The van der Waals surface area contributed by atoms with E-state index in [2.05, 4.69) is 15.2 Å². The molecule has 1 aliphatic heterocycles. The molecular formula is C19H20N6O3S. The number of ketones is 1. The van der Waals surface area contributed by atoms with Crippen molar-refractivity contribution in [3.8, 4) is 5.82 Å². The summed E-state index contributed by atoms with van der Waals surface area (Å²) in [5.74, 6) is 1.20. The Balaban J connectivity index is 1.45. The molecule has 0 aliphatic carbocycles. The van der Waals surface area contributed by atoms with Gasteiger partial charge in [-0.3, -0.25) is 9.36 Å². The van der Waals surface area contributed by atoms with Crippen molar-refractivity contribution in [1.29, 1.82) is 0 Å². The van der Waals surface area contributed by atoms with E-state index in [9.17, 15) is 13.2 Å². The highest BCUT2D eigenvalue weighted by molar-refractivity contribution is 7.89. The van der Waals surface area contributed by atoms with E-state index in [1.54, 1.807) is 35.4 Å². The maximum Gasteiger partial charge on any atom is 0.243 e. The largest absolute Gasteiger partial charge is 0.352 e. The van der Waals surface area contributed by atoms with Gasteiger partial charge in [0.05, 0.1) is 4.90 Å². The lowest BCUT2D eigenvalue weighted by Gasteiger charge is -2.34. The molecule has 0 saturated carbocycles. The summed E-state index contributed by atoms with van der Waals surface area (Å²) in [4.78, 5) is 17.7. The lowest BCUT2D eigenvalue weighted by Crippen LogP contribution is -2.49. The van der Waals surface area contributed by atoms with Crippen molar-refractivity contribution in [2.45, 2.75) is 11.8 Å². The molecule has 29 heavy (non-hydrogen) atoms. The number of nitrogens with zero attached hydrogens (tertiary/aromatic N) is 6. The van der Waals surface area contributed by atoms with Crippen LogP contribution in [0.4, 0.5) is 5.82 Å². The van der Waals surface area contributed by atoms with E-state index in [1.165, 1.54) is 23.4 Å². The number of Topliss-reactive ketones (excluding diaryl/α,β-unsaturated/α-hetero) is 1. The first-order valence-electron chi connectivity index (χ1n) is 9.13. The van der Waals surface area contributed by atoms with E-state index < -0.39 is 10.0 Å². The Morgan fingerprint density at radius 3 is 2.34 bits per heavy atom. The van der Waals surface area contributed by atoms with Crippen molar-refractivity contribution in [2.24, 2.45) is 0 Å². The molecule has 0 N–H and O–H groups in total. The number of anilines is 1. The summed E-state index contributed by atoms with van der Waals surface area (Å²) >= 11 is 0. The molecule has 150 valence electrons. The molecule has 0 amide bonds. The van der Waals surface area contributed by atoms with Crippen LogP contribution in [0.1, 0.15) is 17.3 Å². The van der Waals surface area contributed by atoms with Crippen molar-refractivity contribution in [3.05, 3.63) is 60.7 Å². The molecule has 1 aliphatic rings. The fourth-order valence-corrected chi connectivity index (χ4v) is 4.67. The number of carbonyl (C=O) groups excluding carboxylic acids is 1. The van der Waals surface area contributed by atoms with E-state index in [-0.39, 0.29) is 10.7 Å². The van der Waals surface area contributed by atoms with Crippen LogP contribution in [-0.4, -0.2) is 64.4 Å². The quantitative estimate of drug-likeness (QED) is 0.584. The zero-order valence-corrected chi connectivity index (χ0v) is 16.7. The SMILES string of the molecule is CC(=O)c1cccc(S(=O)(=O)N2CCN(c3ccc(-n4ccnc4)nn3)CC2)c1. The number of piperazine rings is 1. The highest BCUT2D eigenvalue weighted by Gasteiger charge is 2.29. The smallest absolute Gasteiger partial charge is 0.243 e. The van der Waals surface area contributed by atoms with E-state index in [0.29, 0.717) is 43.4 Å². The number of imidazole rings is 1. The molecule has 0 unspecified atom stereocenters. The van der Waals surface area contributed by atoms with Crippen LogP contribution >= 0.6 is 0 Å². The van der Waals surface area contributed by atoms with Gasteiger partial charge in [0.2, 0.25) is 10.0 Å². The van der Waals surface area contributed by atoms with Gasteiger partial charge in [-0.25, -0.2) is 13.4 Å². The van der Waals surface area contributed by atoms with Gasteiger partial charge in [-0.1, -0.05) is 12.1 Å². The van der Waals surface area contributed by atoms with Gasteiger partial charge in [-0.2, -0.15) is 4.31 Å². The number of aromatic nitrogens is 4. The molecule has 0 radical (unpaired) electrons. The van der Waals surface area contributed by atoms with Gasteiger partial charge in [0.25, 0.3) is 0 Å². The van der Waals surface area contributed by atoms with Gasteiger partial charge in [0.15, 0.2) is 17.4 Å². The second-order valence-electron chi connectivity index (χ2n) is 6.69. The lowest BCUT2D eigenvalue weighted by atomic mass is 10.2. The zero-order chi connectivity index (χ0) is 20.4. The monoisotopic (exact) mass is 412 g/mol. The van der Waals surface area contributed by atoms with Crippen molar-refractivity contribution in [2.75, 3.05) is 31.1 Å². The molecule has 1 aromatic carbocycles. The molecule has 2 aromatic heterocycles. The Kier molecular flexibility index (Phi) is 5.12. The second-order valence-corrected chi connectivity index (χ2v) is 8.63. The van der Waals surface area contributed by atoms with Gasteiger partial charge in [-0.15, -0.1) is 10.2 Å². The standard InChI is InChI=1S/C19H20N6O3S/c1-15(26)16-3-2-4-17(13-16)29(27,28)25-11-9-23(10-12-25)18-5-6-19(22-21-18)24-8-7-20-14-24/h2-8,13-14H,9-12H2,1H3. The topological polar surface area (TPSA) is 101 Å². The fraction of sp³-hybridized carbons (Fsp3) is 0.263. The Morgan fingerprint density at radius 1 is 1.00 bits per heavy atom. The molecule has 3 aromatic rings. The van der Waals surface area contributed by atoms with Crippen LogP contribution in [0.3, 0.4) is 0 Å². The number of hydrogen-bond acceptors (Lipinski definition) is 7. The van der Waals surface area contributed by atoms with Crippen LogP contribution in [0.2, 0.25) is 0 Å².